The number of aliphatic carboxylic acids is 1. The van der Waals surface area contributed by atoms with Gasteiger partial charge in [-0.1, -0.05) is 11.6 Å². The second kappa shape index (κ2) is 6.11. The molecule has 2 N–H and O–H groups in total. The zero-order valence-electron chi connectivity index (χ0n) is 15.4. The van der Waals surface area contributed by atoms with Crippen LogP contribution < -0.4 is 10.9 Å². The van der Waals surface area contributed by atoms with E-state index in [0.29, 0.717) is 43.3 Å². The number of anilines is 1. The minimum atomic E-state index is -0.734. The molecule has 2 atom stereocenters. The molecule has 0 spiro atoms. The maximum Gasteiger partial charge on any atom is 0.309 e. The van der Waals surface area contributed by atoms with Gasteiger partial charge in [0.2, 0.25) is 0 Å². The lowest BCUT2D eigenvalue weighted by Crippen LogP contribution is -2.61. The molecule has 4 aliphatic rings. The lowest BCUT2D eigenvalue weighted by atomic mass is 9.47. The van der Waals surface area contributed by atoms with Crippen molar-refractivity contribution < 1.29 is 14.3 Å². The van der Waals surface area contributed by atoms with Gasteiger partial charge in [0.1, 0.15) is 10.8 Å². The molecule has 4 aliphatic carbocycles. The van der Waals surface area contributed by atoms with Crippen LogP contribution in [0.15, 0.2) is 33.8 Å². The molecule has 0 unspecified atom stereocenters. The van der Waals surface area contributed by atoms with Gasteiger partial charge in [0.25, 0.3) is 5.56 Å². The first-order chi connectivity index (χ1) is 13.4. The summed E-state index contributed by atoms with van der Waals surface area (Å²) in [5.41, 5.74) is -1.16. The van der Waals surface area contributed by atoms with Gasteiger partial charge in [-0.2, -0.15) is 5.10 Å². The highest BCUT2D eigenvalue weighted by atomic mass is 35.5. The highest BCUT2D eigenvalue weighted by Crippen LogP contribution is 2.63. The van der Waals surface area contributed by atoms with Crippen LogP contribution in [0.3, 0.4) is 0 Å². The highest BCUT2D eigenvalue weighted by molar-refractivity contribution is 6.32. The van der Waals surface area contributed by atoms with Crippen molar-refractivity contribution in [2.24, 2.45) is 17.3 Å². The summed E-state index contributed by atoms with van der Waals surface area (Å²) in [7, 11) is 0. The Bertz CT molecular complexity index is 970. The van der Waals surface area contributed by atoms with Gasteiger partial charge in [-0.15, -0.1) is 0 Å². The van der Waals surface area contributed by atoms with Crippen molar-refractivity contribution in [3.63, 3.8) is 0 Å². The molecule has 0 aliphatic heterocycles. The normalized spacial score (nSPS) is 33.2. The van der Waals surface area contributed by atoms with Gasteiger partial charge in [0, 0.05) is 0 Å². The first kappa shape index (κ1) is 17.8. The van der Waals surface area contributed by atoms with Crippen molar-refractivity contribution in [2.45, 2.75) is 50.6 Å². The molecule has 6 rings (SSSR count). The van der Waals surface area contributed by atoms with Gasteiger partial charge in [-0.05, 0) is 62.5 Å². The summed E-state index contributed by atoms with van der Waals surface area (Å²) in [6.07, 6.45) is 7.71. The number of hydrogen-bond acceptors (Lipinski definition) is 5. The second-order valence-corrected chi connectivity index (χ2v) is 9.17. The summed E-state index contributed by atoms with van der Waals surface area (Å²) in [4.78, 5) is 25.2. The van der Waals surface area contributed by atoms with Crippen molar-refractivity contribution in [1.29, 1.82) is 0 Å². The molecular weight excluding hydrogens is 382 g/mol. The Morgan fingerprint density at radius 2 is 2.11 bits per heavy atom. The average Bonchev–Trinajstić information content (AvgIpc) is 3.15. The molecule has 0 radical (unpaired) electrons. The quantitative estimate of drug-likeness (QED) is 0.793. The number of nitrogens with one attached hydrogen (secondary N) is 1. The zero-order chi connectivity index (χ0) is 19.5. The largest absolute Gasteiger partial charge is 0.481 e. The molecule has 0 amide bonds. The van der Waals surface area contributed by atoms with Gasteiger partial charge < -0.3 is 14.8 Å². The third-order valence-corrected chi connectivity index (χ3v) is 7.25. The van der Waals surface area contributed by atoms with Gasteiger partial charge >= 0.3 is 5.97 Å². The third-order valence-electron chi connectivity index (χ3n) is 6.89. The minimum absolute atomic E-state index is 0.0849. The molecule has 2 aromatic heterocycles. The van der Waals surface area contributed by atoms with Gasteiger partial charge in [0.15, 0.2) is 0 Å². The Morgan fingerprint density at radius 1 is 1.36 bits per heavy atom. The Morgan fingerprint density at radius 3 is 2.75 bits per heavy atom. The monoisotopic (exact) mass is 403 g/mol. The summed E-state index contributed by atoms with van der Waals surface area (Å²) in [6.45, 7) is 0.398. The number of carbonyl (C=O) groups is 1. The third kappa shape index (κ3) is 2.59. The zero-order valence-corrected chi connectivity index (χ0v) is 16.1. The molecule has 0 aromatic carbocycles. The molecule has 2 aromatic rings. The Kier molecular flexibility index (Phi) is 3.88. The fraction of sp³-hybridized carbons (Fsp3) is 0.550. The summed E-state index contributed by atoms with van der Waals surface area (Å²) >= 11 is 6.39. The molecule has 2 heterocycles. The van der Waals surface area contributed by atoms with Crippen LogP contribution in [0.25, 0.3) is 0 Å². The van der Waals surface area contributed by atoms with E-state index in [9.17, 15) is 14.7 Å². The fourth-order valence-electron chi connectivity index (χ4n) is 6.20. The molecule has 0 saturated heterocycles. The summed E-state index contributed by atoms with van der Waals surface area (Å²) in [5, 5.41) is 17.5. The number of rotatable bonds is 5. The molecule has 148 valence electrons. The predicted molar refractivity (Wildman–Crippen MR) is 102 cm³/mol. The molecule has 4 bridgehead atoms. The van der Waals surface area contributed by atoms with E-state index in [1.807, 2.05) is 6.07 Å². The van der Waals surface area contributed by atoms with E-state index in [1.165, 1.54) is 4.68 Å². The van der Waals surface area contributed by atoms with E-state index in [2.05, 4.69) is 10.4 Å². The van der Waals surface area contributed by atoms with Gasteiger partial charge in [0.05, 0.1) is 35.6 Å². The molecule has 4 fully saturated rings. The Balaban J connectivity index is 1.49. The first-order valence-electron chi connectivity index (χ1n) is 9.69. The number of aromatic nitrogens is 2. The Labute approximate surface area is 166 Å². The van der Waals surface area contributed by atoms with Crippen LogP contribution in [0.1, 0.15) is 44.3 Å². The van der Waals surface area contributed by atoms with Crippen LogP contribution >= 0.6 is 11.6 Å². The smallest absolute Gasteiger partial charge is 0.309 e. The Hall–Kier alpha value is -2.28. The van der Waals surface area contributed by atoms with Crippen LogP contribution in [-0.4, -0.2) is 20.9 Å². The number of furan rings is 1. The molecule has 28 heavy (non-hydrogen) atoms. The van der Waals surface area contributed by atoms with E-state index < -0.39 is 16.9 Å². The van der Waals surface area contributed by atoms with Crippen LogP contribution in [0.4, 0.5) is 5.69 Å². The number of hydrogen-bond donors (Lipinski definition) is 2. The summed E-state index contributed by atoms with van der Waals surface area (Å²) in [6, 6.07) is 3.62. The van der Waals surface area contributed by atoms with Crippen molar-refractivity contribution in [2.75, 3.05) is 5.32 Å². The van der Waals surface area contributed by atoms with Crippen molar-refractivity contribution in [3.8, 4) is 0 Å². The summed E-state index contributed by atoms with van der Waals surface area (Å²) in [5.74, 6) is 0.662. The lowest BCUT2D eigenvalue weighted by molar-refractivity contribution is -0.173. The van der Waals surface area contributed by atoms with E-state index in [4.69, 9.17) is 16.0 Å². The average molecular weight is 404 g/mol. The van der Waals surface area contributed by atoms with Crippen molar-refractivity contribution >= 4 is 23.3 Å². The van der Waals surface area contributed by atoms with Crippen LogP contribution in [-0.2, 0) is 16.9 Å². The van der Waals surface area contributed by atoms with E-state index in [-0.39, 0.29) is 10.6 Å². The molecular formula is C20H22ClN3O4. The van der Waals surface area contributed by atoms with E-state index in [0.717, 1.165) is 25.0 Å². The molecule has 4 saturated carbocycles. The number of carboxylic acids is 1. The van der Waals surface area contributed by atoms with Gasteiger partial charge in [-0.25, -0.2) is 4.68 Å². The first-order valence-corrected chi connectivity index (χ1v) is 10.1. The SMILES string of the molecule is O=C(O)C12C[C@H]3C[C@H](C1)CC(n1ncc(NCc4ccco4)c(Cl)c1=O)(C3)C2. The van der Waals surface area contributed by atoms with Crippen LogP contribution in [0.5, 0.6) is 0 Å². The number of halogens is 1. The maximum atomic E-state index is 13.1. The number of nitrogens with zero attached hydrogens (tertiary/aromatic N) is 2. The number of carboxylic acid groups (broad SMARTS) is 1. The standard InChI is InChI=1S/C20H22ClN3O4/c21-16-15(22-9-14-2-1-3-28-14)10-23-24(17(16)25)20-7-12-4-13(8-20)6-19(5-12,11-20)18(26)27/h1-3,10,12-13,22H,4-9,11H2,(H,26,27)/t12-,13-,19?,20?/m1/s1. The van der Waals surface area contributed by atoms with Crippen LogP contribution in [0.2, 0.25) is 5.02 Å². The van der Waals surface area contributed by atoms with Crippen molar-refractivity contribution in [3.05, 3.63) is 45.7 Å². The van der Waals surface area contributed by atoms with E-state index >= 15 is 0 Å². The molecule has 7 nitrogen and oxygen atoms in total. The minimum Gasteiger partial charge on any atom is -0.481 e. The highest BCUT2D eigenvalue weighted by Gasteiger charge is 2.62. The maximum absolute atomic E-state index is 13.1. The predicted octanol–water partition coefficient (Wildman–Crippen LogP) is 3.48. The fourth-order valence-corrected chi connectivity index (χ4v) is 6.40. The van der Waals surface area contributed by atoms with Gasteiger partial charge in [-0.3, -0.25) is 9.59 Å². The van der Waals surface area contributed by atoms with Crippen molar-refractivity contribution in [1.82, 2.24) is 9.78 Å². The lowest BCUT2D eigenvalue weighted by Gasteiger charge is -2.60. The molecule has 8 heteroatoms. The topological polar surface area (TPSA) is 97.4 Å². The van der Waals surface area contributed by atoms with E-state index in [1.54, 1.807) is 18.5 Å². The van der Waals surface area contributed by atoms with Crippen LogP contribution in [0, 0.1) is 17.3 Å². The second-order valence-electron chi connectivity index (χ2n) is 8.79. The summed E-state index contributed by atoms with van der Waals surface area (Å²) < 4.78 is 6.77.